The van der Waals surface area contributed by atoms with E-state index in [1.54, 1.807) is 0 Å². The van der Waals surface area contributed by atoms with Crippen molar-refractivity contribution in [2.24, 2.45) is 0 Å². The lowest BCUT2D eigenvalue weighted by molar-refractivity contribution is -0.123. The number of carbonyl (C=O) groups excluding carboxylic acids is 1. The molecule has 0 spiro atoms. The molecule has 6 nitrogen and oxygen atoms in total. The van der Waals surface area contributed by atoms with E-state index in [9.17, 15) is 13.2 Å². The molecule has 1 atom stereocenters. The summed E-state index contributed by atoms with van der Waals surface area (Å²) in [6, 6.07) is 13.4. The fourth-order valence-electron chi connectivity index (χ4n) is 2.59. The van der Waals surface area contributed by atoms with Crippen LogP contribution in [0, 0.1) is 0 Å². The van der Waals surface area contributed by atoms with Crippen LogP contribution in [0.3, 0.4) is 0 Å². The quantitative estimate of drug-likeness (QED) is 0.611. The number of rotatable bonds is 10. The summed E-state index contributed by atoms with van der Waals surface area (Å²) in [5.74, 6) is 0.000197. The first kappa shape index (κ1) is 22.2. The third-order valence-electron chi connectivity index (χ3n) is 4.01. The lowest BCUT2D eigenvalue weighted by Crippen LogP contribution is -2.35. The third-order valence-corrected chi connectivity index (χ3v) is 5.70. The van der Waals surface area contributed by atoms with Crippen molar-refractivity contribution in [3.8, 4) is 5.75 Å². The van der Waals surface area contributed by atoms with Crippen LogP contribution >= 0.6 is 11.6 Å². The highest BCUT2D eigenvalue weighted by atomic mass is 35.5. The number of ether oxygens (including phenoxy) is 1. The number of carbonyl (C=O) groups is 1. The van der Waals surface area contributed by atoms with E-state index in [1.165, 1.54) is 18.2 Å². The number of benzene rings is 2. The van der Waals surface area contributed by atoms with Gasteiger partial charge >= 0.3 is 0 Å². The van der Waals surface area contributed by atoms with Crippen molar-refractivity contribution in [3.05, 3.63) is 59.1 Å². The number of amides is 1. The molecule has 0 heterocycles. The standard InChI is InChI=1S/C20H25ClN2O4S/c1-3-7-15(2)23-20(24)14-27-19-11-10-17(12-18(19)21)28(25,26)22-13-16-8-5-4-6-9-16/h4-6,8-12,15,22H,3,7,13-14H2,1-2H3,(H,23,24)/t15-/m0/s1. The van der Waals surface area contributed by atoms with Gasteiger partial charge in [-0.15, -0.1) is 0 Å². The predicted molar refractivity (Wildman–Crippen MR) is 110 cm³/mol. The van der Waals surface area contributed by atoms with Gasteiger partial charge in [0.2, 0.25) is 10.0 Å². The zero-order valence-electron chi connectivity index (χ0n) is 15.9. The number of nitrogens with one attached hydrogen (secondary N) is 2. The van der Waals surface area contributed by atoms with Gasteiger partial charge in [0.05, 0.1) is 9.92 Å². The van der Waals surface area contributed by atoms with Gasteiger partial charge in [0.1, 0.15) is 5.75 Å². The van der Waals surface area contributed by atoms with Crippen molar-refractivity contribution >= 4 is 27.5 Å². The van der Waals surface area contributed by atoms with Crippen molar-refractivity contribution in [2.45, 2.75) is 44.2 Å². The highest BCUT2D eigenvalue weighted by Crippen LogP contribution is 2.27. The molecule has 2 rings (SSSR count). The number of hydrogen-bond donors (Lipinski definition) is 2. The molecule has 2 aromatic carbocycles. The Hall–Kier alpha value is -2.09. The van der Waals surface area contributed by atoms with Gasteiger partial charge in [0, 0.05) is 12.6 Å². The minimum absolute atomic E-state index is 0.0294. The second-order valence-electron chi connectivity index (χ2n) is 6.45. The zero-order chi connectivity index (χ0) is 20.6. The molecule has 0 aliphatic carbocycles. The molecule has 1 amide bonds. The normalized spacial score (nSPS) is 12.4. The first-order valence-corrected chi connectivity index (χ1v) is 10.9. The van der Waals surface area contributed by atoms with E-state index < -0.39 is 10.0 Å². The Bertz CT molecular complexity index is 888. The predicted octanol–water partition coefficient (Wildman–Crippen LogP) is 3.50. The molecule has 0 saturated carbocycles. The lowest BCUT2D eigenvalue weighted by atomic mass is 10.2. The minimum atomic E-state index is -3.72. The first-order chi connectivity index (χ1) is 13.3. The van der Waals surface area contributed by atoms with Crippen LogP contribution in [0.2, 0.25) is 5.02 Å². The fourth-order valence-corrected chi connectivity index (χ4v) is 3.93. The third kappa shape index (κ3) is 6.82. The van der Waals surface area contributed by atoms with E-state index in [2.05, 4.69) is 10.0 Å². The van der Waals surface area contributed by atoms with Gasteiger partial charge in [-0.3, -0.25) is 4.79 Å². The zero-order valence-corrected chi connectivity index (χ0v) is 17.5. The molecular weight excluding hydrogens is 400 g/mol. The highest BCUT2D eigenvalue weighted by molar-refractivity contribution is 7.89. The van der Waals surface area contributed by atoms with E-state index >= 15 is 0 Å². The average Bonchev–Trinajstić information content (AvgIpc) is 2.66. The molecule has 152 valence electrons. The van der Waals surface area contributed by atoms with Crippen LogP contribution in [0.4, 0.5) is 0 Å². The van der Waals surface area contributed by atoms with Gasteiger partial charge in [0.25, 0.3) is 5.91 Å². The highest BCUT2D eigenvalue weighted by Gasteiger charge is 2.16. The second kappa shape index (κ2) is 10.5. The number of halogens is 1. The molecule has 0 radical (unpaired) electrons. The maximum Gasteiger partial charge on any atom is 0.258 e. The Morgan fingerprint density at radius 3 is 2.54 bits per heavy atom. The largest absolute Gasteiger partial charge is 0.482 e. The SMILES string of the molecule is CCC[C@H](C)NC(=O)COc1ccc(S(=O)(=O)NCc2ccccc2)cc1Cl. The van der Waals surface area contributed by atoms with E-state index in [-0.39, 0.29) is 40.8 Å². The summed E-state index contributed by atoms with van der Waals surface area (Å²) in [7, 11) is -3.72. The lowest BCUT2D eigenvalue weighted by Gasteiger charge is -2.14. The molecule has 0 aliphatic heterocycles. The van der Waals surface area contributed by atoms with Gasteiger partial charge in [-0.25, -0.2) is 13.1 Å². The minimum Gasteiger partial charge on any atom is -0.482 e. The van der Waals surface area contributed by atoms with Crippen molar-refractivity contribution in [2.75, 3.05) is 6.61 Å². The molecule has 28 heavy (non-hydrogen) atoms. The number of hydrogen-bond acceptors (Lipinski definition) is 4. The molecule has 0 aliphatic rings. The van der Waals surface area contributed by atoms with Crippen LogP contribution < -0.4 is 14.8 Å². The van der Waals surface area contributed by atoms with E-state index in [1.807, 2.05) is 44.2 Å². The van der Waals surface area contributed by atoms with Crippen LogP contribution in [0.15, 0.2) is 53.4 Å². The van der Waals surface area contributed by atoms with Gasteiger partial charge in [0.15, 0.2) is 6.61 Å². The summed E-state index contributed by atoms with van der Waals surface area (Å²) in [4.78, 5) is 11.9. The van der Waals surface area contributed by atoms with Crippen LogP contribution in [-0.4, -0.2) is 27.0 Å². The Balaban J connectivity index is 1.96. The van der Waals surface area contributed by atoms with Crippen molar-refractivity contribution in [1.82, 2.24) is 10.0 Å². The van der Waals surface area contributed by atoms with Gasteiger partial charge < -0.3 is 10.1 Å². The van der Waals surface area contributed by atoms with E-state index in [4.69, 9.17) is 16.3 Å². The molecule has 0 saturated heterocycles. The Kier molecular flexibility index (Phi) is 8.29. The summed E-state index contributed by atoms with van der Waals surface area (Å²) < 4.78 is 32.8. The summed E-state index contributed by atoms with van der Waals surface area (Å²) in [6.07, 6.45) is 1.86. The fraction of sp³-hybridized carbons (Fsp3) is 0.350. The number of sulfonamides is 1. The summed E-state index contributed by atoms with van der Waals surface area (Å²) in [5.41, 5.74) is 0.848. The van der Waals surface area contributed by atoms with Crippen LogP contribution in [0.25, 0.3) is 0 Å². The Morgan fingerprint density at radius 1 is 1.18 bits per heavy atom. The van der Waals surface area contributed by atoms with Gasteiger partial charge in [-0.1, -0.05) is 55.3 Å². The maximum absolute atomic E-state index is 12.4. The molecule has 0 bridgehead atoms. The molecule has 0 unspecified atom stereocenters. The summed E-state index contributed by atoms with van der Waals surface area (Å²) in [6.45, 7) is 3.96. The van der Waals surface area contributed by atoms with E-state index in [0.717, 1.165) is 18.4 Å². The van der Waals surface area contributed by atoms with Gasteiger partial charge in [-0.2, -0.15) is 0 Å². The molecule has 0 aromatic heterocycles. The van der Waals surface area contributed by atoms with E-state index in [0.29, 0.717) is 0 Å². The van der Waals surface area contributed by atoms with Gasteiger partial charge in [-0.05, 0) is 37.1 Å². The van der Waals surface area contributed by atoms with Crippen LogP contribution in [-0.2, 0) is 21.4 Å². The maximum atomic E-state index is 12.4. The average molecular weight is 425 g/mol. The molecule has 0 fully saturated rings. The summed E-state index contributed by atoms with van der Waals surface area (Å²) in [5, 5.41) is 2.95. The molecule has 2 N–H and O–H groups in total. The molecule has 8 heteroatoms. The smallest absolute Gasteiger partial charge is 0.258 e. The monoisotopic (exact) mass is 424 g/mol. The second-order valence-corrected chi connectivity index (χ2v) is 8.62. The first-order valence-electron chi connectivity index (χ1n) is 9.07. The Labute approximate surface area is 171 Å². The molecule has 2 aromatic rings. The topological polar surface area (TPSA) is 84.5 Å². The van der Waals surface area contributed by atoms with Crippen LogP contribution in [0.1, 0.15) is 32.3 Å². The van der Waals surface area contributed by atoms with Crippen molar-refractivity contribution in [3.63, 3.8) is 0 Å². The molecular formula is C20H25ClN2O4S. The van der Waals surface area contributed by atoms with Crippen LogP contribution in [0.5, 0.6) is 5.75 Å². The van der Waals surface area contributed by atoms with Crippen molar-refractivity contribution in [1.29, 1.82) is 0 Å². The Morgan fingerprint density at radius 2 is 1.89 bits per heavy atom. The van der Waals surface area contributed by atoms with Crippen molar-refractivity contribution < 1.29 is 17.9 Å². The summed E-state index contributed by atoms with van der Waals surface area (Å²) >= 11 is 6.14.